The van der Waals surface area contributed by atoms with Crippen molar-refractivity contribution >= 4 is 46.5 Å². The largest absolute Gasteiger partial charge is 0.486 e. The molecule has 256 valence electrons. The van der Waals surface area contributed by atoms with E-state index >= 15 is 8.78 Å². The first-order valence-corrected chi connectivity index (χ1v) is 15.7. The second-order valence-corrected chi connectivity index (χ2v) is 12.8. The van der Waals surface area contributed by atoms with E-state index in [0.717, 1.165) is 10.9 Å². The molecule has 0 radical (unpaired) electrons. The second-order valence-electron chi connectivity index (χ2n) is 11.6. The Labute approximate surface area is 284 Å². The van der Waals surface area contributed by atoms with E-state index in [-0.39, 0.29) is 17.9 Å². The van der Waals surface area contributed by atoms with Gasteiger partial charge in [-0.3, -0.25) is 9.59 Å². The maximum atomic E-state index is 15.2. The molecule has 0 bridgehead atoms. The summed E-state index contributed by atoms with van der Waals surface area (Å²) in [4.78, 5) is 25.5. The first-order valence-electron chi connectivity index (χ1n) is 14.6. The third kappa shape index (κ3) is 10.8. The van der Waals surface area contributed by atoms with Crippen LogP contribution in [0.1, 0.15) is 37.5 Å². The summed E-state index contributed by atoms with van der Waals surface area (Å²) in [5, 5.41) is 2.12. The standard InChI is InChI=1S/C33H35Cl3F5N3O3/c1-18(2)28(30(45)33(40,41)31(46)44-17-32(37,38)39)29(43)23(14-19-6-4-3-5-7-19)26(42)16-27(20-8-13-24(35)25(36)15-20)47-22-11-9-21(34)10-12-22/h3-13,15,18,23,26-29H,14,16-17,42-43H2,1-2H3,(H,44,46)/t23-,26?,27?,28-,29?/m0/s1. The highest BCUT2D eigenvalue weighted by Gasteiger charge is 2.53. The average Bonchev–Trinajstić information content (AvgIpc) is 3.00. The minimum Gasteiger partial charge on any atom is -0.486 e. The van der Waals surface area contributed by atoms with Crippen molar-refractivity contribution in [2.75, 3.05) is 6.54 Å². The van der Waals surface area contributed by atoms with Crippen molar-refractivity contribution in [3.63, 3.8) is 0 Å². The smallest absolute Gasteiger partial charge is 0.405 e. The SMILES string of the molecule is CC(C)[C@H](C(=O)C(F)(F)C(=O)NCC(F)(F)F)C(N)[C@@H](Cc1ccccc1)C(N)CC(Oc1ccc(Cl)cc1)c1ccc(Cl)c(Cl)c1. The quantitative estimate of drug-likeness (QED) is 0.110. The van der Waals surface area contributed by atoms with Crippen LogP contribution in [-0.2, 0) is 16.0 Å². The molecule has 0 aliphatic rings. The first-order chi connectivity index (χ1) is 21.9. The van der Waals surface area contributed by atoms with Crippen LogP contribution in [0.15, 0.2) is 72.8 Å². The molecule has 6 nitrogen and oxygen atoms in total. The molecule has 0 saturated carbocycles. The number of amides is 1. The minimum atomic E-state index is -4.96. The average molecular weight is 723 g/mol. The summed E-state index contributed by atoms with van der Waals surface area (Å²) < 4.78 is 74.5. The van der Waals surface area contributed by atoms with E-state index in [0.29, 0.717) is 21.4 Å². The molecule has 47 heavy (non-hydrogen) atoms. The molecule has 0 fully saturated rings. The van der Waals surface area contributed by atoms with Crippen molar-refractivity contribution in [1.82, 2.24) is 5.32 Å². The number of carbonyl (C=O) groups is 2. The van der Waals surface area contributed by atoms with Gasteiger partial charge < -0.3 is 21.5 Å². The number of hydrogen-bond acceptors (Lipinski definition) is 5. The Bertz CT molecular complexity index is 1490. The van der Waals surface area contributed by atoms with Crippen LogP contribution in [0.3, 0.4) is 0 Å². The molecule has 0 aliphatic heterocycles. The predicted molar refractivity (Wildman–Crippen MR) is 173 cm³/mol. The third-order valence-electron chi connectivity index (χ3n) is 7.73. The molecule has 0 heterocycles. The lowest BCUT2D eigenvalue weighted by molar-refractivity contribution is -0.167. The molecule has 3 aromatic rings. The highest BCUT2D eigenvalue weighted by Crippen LogP contribution is 2.36. The third-order valence-corrected chi connectivity index (χ3v) is 8.72. The summed E-state index contributed by atoms with van der Waals surface area (Å²) in [6.45, 7) is 0.886. The number of alkyl halides is 5. The molecule has 1 amide bonds. The maximum absolute atomic E-state index is 15.2. The summed E-state index contributed by atoms with van der Waals surface area (Å²) in [7, 11) is 0. The van der Waals surface area contributed by atoms with Crippen LogP contribution in [0.2, 0.25) is 15.1 Å². The summed E-state index contributed by atoms with van der Waals surface area (Å²) in [5.74, 6) is -12.0. The fraction of sp³-hybridized carbons (Fsp3) is 0.394. The number of benzene rings is 3. The molecular formula is C33H35Cl3F5N3O3. The maximum Gasteiger partial charge on any atom is 0.405 e. The minimum absolute atomic E-state index is 0.0489. The van der Waals surface area contributed by atoms with Gasteiger partial charge >= 0.3 is 12.1 Å². The van der Waals surface area contributed by atoms with Gasteiger partial charge in [0.15, 0.2) is 0 Å². The molecule has 3 unspecified atom stereocenters. The monoisotopic (exact) mass is 721 g/mol. The van der Waals surface area contributed by atoms with Crippen LogP contribution in [-0.4, -0.2) is 42.4 Å². The Morgan fingerprint density at radius 2 is 1.49 bits per heavy atom. The van der Waals surface area contributed by atoms with Gasteiger partial charge in [-0.05, 0) is 65.8 Å². The van der Waals surface area contributed by atoms with E-state index in [9.17, 15) is 22.8 Å². The number of ether oxygens (including phenoxy) is 1. The van der Waals surface area contributed by atoms with E-state index in [1.54, 1.807) is 72.8 Å². The normalized spacial score (nSPS) is 15.4. The molecule has 0 aliphatic carbocycles. The van der Waals surface area contributed by atoms with E-state index in [1.165, 1.54) is 13.8 Å². The molecule has 0 aromatic heterocycles. The Hall–Kier alpha value is -2.96. The van der Waals surface area contributed by atoms with E-state index in [2.05, 4.69) is 0 Å². The lowest BCUT2D eigenvalue weighted by Gasteiger charge is -2.38. The van der Waals surface area contributed by atoms with Crippen molar-refractivity contribution in [2.45, 2.75) is 57.0 Å². The van der Waals surface area contributed by atoms with Gasteiger partial charge in [0.1, 0.15) is 18.4 Å². The number of carbonyl (C=O) groups excluding carboxylic acids is 2. The summed E-state index contributed by atoms with van der Waals surface area (Å²) in [5.41, 5.74) is 14.8. The Kier molecular flexibility index (Phi) is 13.5. The van der Waals surface area contributed by atoms with Crippen molar-refractivity contribution in [1.29, 1.82) is 0 Å². The number of ketones is 1. The molecule has 5 N–H and O–H groups in total. The van der Waals surface area contributed by atoms with E-state index in [1.807, 2.05) is 0 Å². The Morgan fingerprint density at radius 1 is 0.872 bits per heavy atom. The van der Waals surface area contributed by atoms with Gasteiger partial charge in [-0.25, -0.2) is 0 Å². The molecule has 5 atom stereocenters. The molecule has 0 spiro atoms. The topological polar surface area (TPSA) is 107 Å². The fourth-order valence-electron chi connectivity index (χ4n) is 5.32. The number of Topliss-reactive ketones (excluding diaryl/α,β-unsaturated/α-hetero) is 1. The zero-order valence-electron chi connectivity index (χ0n) is 25.4. The molecule has 3 aromatic carbocycles. The van der Waals surface area contributed by atoms with Crippen molar-refractivity contribution in [2.24, 2.45) is 29.2 Å². The zero-order valence-corrected chi connectivity index (χ0v) is 27.7. The molecule has 3 rings (SSSR count). The van der Waals surface area contributed by atoms with Crippen molar-refractivity contribution in [3.05, 3.63) is 99.0 Å². The van der Waals surface area contributed by atoms with Gasteiger partial charge in [0.2, 0.25) is 5.78 Å². The number of hydrogen-bond donors (Lipinski definition) is 3. The van der Waals surface area contributed by atoms with Gasteiger partial charge in [-0.2, -0.15) is 22.0 Å². The Morgan fingerprint density at radius 3 is 2.04 bits per heavy atom. The molecule has 0 saturated heterocycles. The van der Waals surface area contributed by atoms with E-state index < -0.39 is 66.3 Å². The number of rotatable bonds is 15. The fourth-order valence-corrected chi connectivity index (χ4v) is 5.76. The predicted octanol–water partition coefficient (Wildman–Crippen LogP) is 7.83. The summed E-state index contributed by atoms with van der Waals surface area (Å²) in [6.07, 6.45) is -5.54. The summed E-state index contributed by atoms with van der Waals surface area (Å²) >= 11 is 18.5. The van der Waals surface area contributed by atoms with Gasteiger partial charge in [0.25, 0.3) is 5.91 Å². The van der Waals surface area contributed by atoms with Gasteiger partial charge in [-0.15, -0.1) is 0 Å². The zero-order chi connectivity index (χ0) is 35.1. The van der Waals surface area contributed by atoms with Crippen LogP contribution in [0.25, 0.3) is 0 Å². The van der Waals surface area contributed by atoms with Crippen molar-refractivity contribution < 1.29 is 36.3 Å². The highest BCUT2D eigenvalue weighted by atomic mass is 35.5. The lowest BCUT2D eigenvalue weighted by Crippen LogP contribution is -2.57. The van der Waals surface area contributed by atoms with Gasteiger partial charge in [0, 0.05) is 29.4 Å². The van der Waals surface area contributed by atoms with Crippen LogP contribution in [0.5, 0.6) is 5.75 Å². The first kappa shape index (κ1) is 38.5. The number of halogens is 8. The van der Waals surface area contributed by atoms with Crippen LogP contribution in [0, 0.1) is 17.8 Å². The number of nitrogens with two attached hydrogens (primary N) is 2. The van der Waals surface area contributed by atoms with Crippen LogP contribution >= 0.6 is 34.8 Å². The highest BCUT2D eigenvalue weighted by molar-refractivity contribution is 6.42. The van der Waals surface area contributed by atoms with Gasteiger partial charge in [0.05, 0.1) is 10.0 Å². The summed E-state index contributed by atoms with van der Waals surface area (Å²) in [6, 6.07) is 18.0. The molecule has 14 heteroatoms. The van der Waals surface area contributed by atoms with Crippen LogP contribution in [0.4, 0.5) is 22.0 Å². The van der Waals surface area contributed by atoms with Gasteiger partial charge in [-0.1, -0.05) is 85.0 Å². The molecular weight excluding hydrogens is 688 g/mol. The van der Waals surface area contributed by atoms with Crippen molar-refractivity contribution in [3.8, 4) is 5.75 Å². The van der Waals surface area contributed by atoms with E-state index in [4.69, 9.17) is 51.0 Å². The van der Waals surface area contributed by atoms with Crippen LogP contribution < -0.4 is 21.5 Å². The Balaban J connectivity index is 2.00. The lowest BCUT2D eigenvalue weighted by atomic mass is 9.72. The second kappa shape index (κ2) is 16.4. The number of nitrogens with one attached hydrogen (secondary N) is 1.